The lowest BCUT2D eigenvalue weighted by Crippen LogP contribution is -2.28. The van der Waals surface area contributed by atoms with Crippen molar-refractivity contribution in [1.82, 2.24) is 5.43 Å². The van der Waals surface area contributed by atoms with Crippen molar-refractivity contribution < 1.29 is 0 Å². The normalized spacial score (nSPS) is 12.7. The summed E-state index contributed by atoms with van der Waals surface area (Å²) < 4.78 is 2.08. The first-order valence-corrected chi connectivity index (χ1v) is 7.56. The van der Waals surface area contributed by atoms with E-state index in [-0.39, 0.29) is 6.04 Å². The summed E-state index contributed by atoms with van der Waals surface area (Å²) in [5.74, 6) is 5.63. The highest BCUT2D eigenvalue weighted by atomic mass is 79.9. The van der Waals surface area contributed by atoms with Gasteiger partial charge in [0.25, 0.3) is 0 Å². The van der Waals surface area contributed by atoms with Crippen molar-refractivity contribution in [2.75, 3.05) is 0 Å². The smallest absolute Gasteiger partial charge is 0.0843 e. The Morgan fingerprint density at radius 2 is 2.06 bits per heavy atom. The number of rotatable bonds is 3. The lowest BCUT2D eigenvalue weighted by Gasteiger charge is -2.14. The first-order chi connectivity index (χ1) is 8.11. The molecule has 0 saturated carbocycles. The van der Waals surface area contributed by atoms with Gasteiger partial charge in [0.05, 0.1) is 9.83 Å². The topological polar surface area (TPSA) is 38.0 Å². The van der Waals surface area contributed by atoms with Crippen LogP contribution in [0.4, 0.5) is 0 Å². The molecule has 6 heteroatoms. The molecule has 17 heavy (non-hydrogen) atoms. The van der Waals surface area contributed by atoms with E-state index in [1.807, 2.05) is 30.3 Å². The molecule has 1 aromatic carbocycles. The second-order valence-electron chi connectivity index (χ2n) is 3.43. The molecule has 1 unspecified atom stereocenters. The molecule has 0 aliphatic heterocycles. The van der Waals surface area contributed by atoms with E-state index in [0.717, 1.165) is 18.7 Å². The molecule has 0 amide bonds. The zero-order chi connectivity index (χ0) is 12.4. The van der Waals surface area contributed by atoms with E-state index >= 15 is 0 Å². The fourth-order valence-electron chi connectivity index (χ4n) is 1.53. The van der Waals surface area contributed by atoms with Crippen molar-refractivity contribution in [2.24, 2.45) is 5.84 Å². The molecule has 0 aliphatic rings. The van der Waals surface area contributed by atoms with Crippen molar-refractivity contribution in [2.45, 2.75) is 6.04 Å². The van der Waals surface area contributed by atoms with Crippen molar-refractivity contribution in [1.29, 1.82) is 0 Å². The summed E-state index contributed by atoms with van der Waals surface area (Å²) in [7, 11) is 0. The summed E-state index contributed by atoms with van der Waals surface area (Å²) in [6.45, 7) is 0. The van der Waals surface area contributed by atoms with Crippen LogP contribution >= 0.6 is 54.8 Å². The van der Waals surface area contributed by atoms with Crippen LogP contribution < -0.4 is 11.3 Å². The third kappa shape index (κ3) is 3.10. The summed E-state index contributed by atoms with van der Waals surface area (Å²) in [5, 5.41) is 0.706. The minimum atomic E-state index is -0.0544. The van der Waals surface area contributed by atoms with Crippen molar-refractivity contribution in [3.8, 4) is 0 Å². The van der Waals surface area contributed by atoms with E-state index in [2.05, 4.69) is 37.3 Å². The molecule has 2 nitrogen and oxygen atoms in total. The molecule has 0 fully saturated rings. The van der Waals surface area contributed by atoms with E-state index < -0.39 is 0 Å². The molecule has 0 saturated heterocycles. The Kier molecular flexibility index (Phi) is 4.63. The molecule has 1 aromatic heterocycles. The van der Waals surface area contributed by atoms with Crippen LogP contribution in [0, 0.1) is 0 Å². The fourth-order valence-corrected chi connectivity index (χ4v) is 3.91. The number of nitrogens with two attached hydrogens (primary N) is 1. The monoisotopic (exact) mass is 394 g/mol. The van der Waals surface area contributed by atoms with Crippen LogP contribution in [-0.2, 0) is 0 Å². The Morgan fingerprint density at radius 3 is 2.59 bits per heavy atom. The van der Waals surface area contributed by atoms with E-state index in [1.165, 1.54) is 0 Å². The number of nitrogens with one attached hydrogen (secondary N) is 1. The molecule has 0 radical (unpaired) electrons. The second-order valence-corrected chi connectivity index (χ2v) is 7.12. The highest BCUT2D eigenvalue weighted by Gasteiger charge is 2.16. The average Bonchev–Trinajstić information content (AvgIpc) is 2.60. The van der Waals surface area contributed by atoms with E-state index in [0.29, 0.717) is 5.02 Å². The molecule has 1 heterocycles. The summed E-state index contributed by atoms with van der Waals surface area (Å²) in [5.41, 5.74) is 3.86. The quantitative estimate of drug-likeness (QED) is 0.593. The molecule has 2 aromatic rings. The van der Waals surface area contributed by atoms with Gasteiger partial charge in [-0.05, 0) is 55.6 Å². The van der Waals surface area contributed by atoms with Gasteiger partial charge in [-0.15, -0.1) is 11.3 Å². The molecule has 90 valence electrons. The van der Waals surface area contributed by atoms with E-state index in [1.54, 1.807) is 11.3 Å². The minimum absolute atomic E-state index is 0.0544. The van der Waals surface area contributed by atoms with Crippen LogP contribution in [0.15, 0.2) is 38.6 Å². The van der Waals surface area contributed by atoms with Gasteiger partial charge in [0.15, 0.2) is 0 Å². The fraction of sp³-hybridized carbons (Fsp3) is 0.0909. The van der Waals surface area contributed by atoms with Crippen molar-refractivity contribution in [3.05, 3.63) is 54.1 Å². The molecule has 0 bridgehead atoms. The van der Waals surface area contributed by atoms with Gasteiger partial charge in [-0.25, -0.2) is 5.43 Å². The number of hydrazine groups is 1. The highest BCUT2D eigenvalue weighted by Crippen LogP contribution is 2.37. The zero-order valence-corrected chi connectivity index (χ0v) is 13.3. The van der Waals surface area contributed by atoms with Crippen LogP contribution in [0.3, 0.4) is 0 Å². The number of halogens is 3. The van der Waals surface area contributed by atoms with Gasteiger partial charge in [0.2, 0.25) is 0 Å². The maximum Gasteiger partial charge on any atom is 0.0843 e. The standard InChI is InChI=1S/C11H9Br2ClN2S/c12-8-5-9(17-11(8)13)10(16-15)6-2-1-3-7(14)4-6/h1-5,10,16H,15H2. The molecule has 2 rings (SSSR count). The maximum atomic E-state index is 5.99. The lowest BCUT2D eigenvalue weighted by molar-refractivity contribution is 0.646. The largest absolute Gasteiger partial charge is 0.271 e. The van der Waals surface area contributed by atoms with Gasteiger partial charge in [-0.1, -0.05) is 23.7 Å². The summed E-state index contributed by atoms with van der Waals surface area (Å²) in [4.78, 5) is 1.12. The number of benzene rings is 1. The number of thiophene rings is 1. The van der Waals surface area contributed by atoms with Crippen LogP contribution in [0.1, 0.15) is 16.5 Å². The van der Waals surface area contributed by atoms with Gasteiger partial charge >= 0.3 is 0 Å². The Balaban J connectivity index is 2.39. The van der Waals surface area contributed by atoms with Gasteiger partial charge in [-0.2, -0.15) is 0 Å². The van der Waals surface area contributed by atoms with Crippen molar-refractivity contribution >= 4 is 54.8 Å². The third-order valence-corrected chi connectivity index (χ3v) is 5.85. The number of hydrogen-bond donors (Lipinski definition) is 2. The molecular weight excluding hydrogens is 387 g/mol. The third-order valence-electron chi connectivity index (χ3n) is 2.30. The lowest BCUT2D eigenvalue weighted by atomic mass is 10.1. The molecule has 3 N–H and O–H groups in total. The zero-order valence-electron chi connectivity index (χ0n) is 8.58. The summed E-state index contributed by atoms with van der Waals surface area (Å²) in [6.07, 6.45) is 0. The van der Waals surface area contributed by atoms with E-state index in [4.69, 9.17) is 17.4 Å². The Bertz CT molecular complexity index is 510. The summed E-state index contributed by atoms with van der Waals surface area (Å²) >= 11 is 14.6. The van der Waals surface area contributed by atoms with E-state index in [9.17, 15) is 0 Å². The van der Waals surface area contributed by atoms with Crippen LogP contribution in [0.5, 0.6) is 0 Å². The van der Waals surface area contributed by atoms with Gasteiger partial charge < -0.3 is 0 Å². The van der Waals surface area contributed by atoms with Crippen LogP contribution in [-0.4, -0.2) is 0 Å². The van der Waals surface area contributed by atoms with Gasteiger partial charge in [0, 0.05) is 14.4 Å². The average molecular weight is 397 g/mol. The van der Waals surface area contributed by atoms with Crippen LogP contribution in [0.25, 0.3) is 0 Å². The molecule has 0 aliphatic carbocycles. The molecular formula is C11H9Br2ClN2S. The predicted octanol–water partition coefficient (Wildman–Crippen LogP) is 4.48. The first kappa shape index (κ1) is 13.5. The Morgan fingerprint density at radius 1 is 1.29 bits per heavy atom. The number of hydrogen-bond acceptors (Lipinski definition) is 3. The predicted molar refractivity (Wildman–Crippen MR) is 80.3 cm³/mol. The molecule has 1 atom stereocenters. The van der Waals surface area contributed by atoms with Crippen molar-refractivity contribution in [3.63, 3.8) is 0 Å². The second kappa shape index (κ2) is 5.82. The summed E-state index contributed by atoms with van der Waals surface area (Å²) in [6, 6.07) is 9.66. The van der Waals surface area contributed by atoms with Crippen LogP contribution in [0.2, 0.25) is 5.02 Å². The van der Waals surface area contributed by atoms with Gasteiger partial charge in [0.1, 0.15) is 0 Å². The maximum absolute atomic E-state index is 5.99. The first-order valence-electron chi connectivity index (χ1n) is 4.78. The van der Waals surface area contributed by atoms with Gasteiger partial charge in [-0.3, -0.25) is 5.84 Å². The minimum Gasteiger partial charge on any atom is -0.271 e. The highest BCUT2D eigenvalue weighted by molar-refractivity contribution is 9.13. The Hall–Kier alpha value is 0.0900. The SMILES string of the molecule is NNC(c1cccc(Cl)c1)c1cc(Br)c(Br)s1. The molecule has 0 spiro atoms. The Labute approximate surface area is 125 Å².